The van der Waals surface area contributed by atoms with E-state index in [2.05, 4.69) is 47.9 Å². The van der Waals surface area contributed by atoms with E-state index in [-0.39, 0.29) is 0 Å². The molecule has 1 aromatic heterocycles. The van der Waals surface area contributed by atoms with Gasteiger partial charge in [-0.1, -0.05) is 27.7 Å². The molecule has 0 bridgehead atoms. The van der Waals surface area contributed by atoms with Crippen LogP contribution >= 0.6 is 0 Å². The molecule has 2 heterocycles. The van der Waals surface area contributed by atoms with Crippen molar-refractivity contribution in [3.63, 3.8) is 0 Å². The van der Waals surface area contributed by atoms with Crippen LogP contribution in [0.15, 0.2) is 6.33 Å². The van der Waals surface area contributed by atoms with Crippen LogP contribution < -0.4 is 10.2 Å². The van der Waals surface area contributed by atoms with E-state index in [1.807, 2.05) is 0 Å². The Hall–Kier alpha value is -1.32. The highest BCUT2D eigenvalue weighted by Gasteiger charge is 2.25. The van der Waals surface area contributed by atoms with E-state index in [1.54, 1.807) is 6.33 Å². The Morgan fingerprint density at radius 3 is 2.50 bits per heavy atom. The molecule has 112 valence electrons. The van der Waals surface area contributed by atoms with Crippen molar-refractivity contribution in [2.75, 3.05) is 29.9 Å². The molecule has 1 N–H and O–H groups in total. The molecule has 0 aliphatic carbocycles. The Labute approximate surface area is 123 Å². The Morgan fingerprint density at radius 1 is 1.20 bits per heavy atom. The fraction of sp³-hybridized carbons (Fsp3) is 0.750. The summed E-state index contributed by atoms with van der Waals surface area (Å²) >= 11 is 0. The summed E-state index contributed by atoms with van der Waals surface area (Å²) in [6, 6.07) is 0. The van der Waals surface area contributed by atoms with Gasteiger partial charge in [-0.15, -0.1) is 0 Å². The molecule has 0 spiro atoms. The van der Waals surface area contributed by atoms with Crippen LogP contribution in [0, 0.1) is 11.8 Å². The van der Waals surface area contributed by atoms with Crippen molar-refractivity contribution in [2.45, 2.75) is 47.0 Å². The summed E-state index contributed by atoms with van der Waals surface area (Å²) < 4.78 is 0. The molecule has 0 radical (unpaired) electrons. The van der Waals surface area contributed by atoms with Crippen LogP contribution in [0.5, 0.6) is 0 Å². The zero-order valence-corrected chi connectivity index (χ0v) is 13.3. The van der Waals surface area contributed by atoms with Crippen LogP contribution in [-0.2, 0) is 6.42 Å². The molecule has 0 saturated carbocycles. The predicted molar refractivity (Wildman–Crippen MR) is 85.3 cm³/mol. The van der Waals surface area contributed by atoms with Crippen LogP contribution in [0.25, 0.3) is 0 Å². The van der Waals surface area contributed by atoms with Crippen molar-refractivity contribution in [1.29, 1.82) is 0 Å². The first-order valence-electron chi connectivity index (χ1n) is 7.98. The molecule has 1 aliphatic rings. The third-order valence-electron chi connectivity index (χ3n) is 3.99. The van der Waals surface area contributed by atoms with Gasteiger partial charge in [0.2, 0.25) is 0 Å². The topological polar surface area (TPSA) is 41.1 Å². The molecule has 2 atom stereocenters. The van der Waals surface area contributed by atoms with Crippen molar-refractivity contribution in [2.24, 2.45) is 11.8 Å². The highest BCUT2D eigenvalue weighted by Crippen LogP contribution is 2.29. The second-order valence-electron chi connectivity index (χ2n) is 6.16. The molecule has 2 unspecified atom stereocenters. The number of aromatic nitrogens is 2. The summed E-state index contributed by atoms with van der Waals surface area (Å²) in [5.41, 5.74) is 1.27. The molecule has 2 rings (SSSR count). The fourth-order valence-corrected chi connectivity index (χ4v) is 3.23. The average molecular weight is 276 g/mol. The van der Waals surface area contributed by atoms with E-state index in [0.29, 0.717) is 0 Å². The molecular formula is C16H28N4. The number of nitrogens with zero attached hydrogens (tertiary/aromatic N) is 3. The monoisotopic (exact) mass is 276 g/mol. The fourth-order valence-electron chi connectivity index (χ4n) is 3.23. The summed E-state index contributed by atoms with van der Waals surface area (Å²) in [5.74, 6) is 3.64. The van der Waals surface area contributed by atoms with Gasteiger partial charge in [0.05, 0.1) is 0 Å². The van der Waals surface area contributed by atoms with Gasteiger partial charge in [0.1, 0.15) is 18.0 Å². The van der Waals surface area contributed by atoms with Crippen molar-refractivity contribution >= 4 is 11.6 Å². The van der Waals surface area contributed by atoms with Crippen molar-refractivity contribution in [3.8, 4) is 0 Å². The second-order valence-corrected chi connectivity index (χ2v) is 6.16. The largest absolute Gasteiger partial charge is 0.370 e. The number of hydrogen-bond donors (Lipinski definition) is 1. The van der Waals surface area contributed by atoms with Crippen LogP contribution in [0.4, 0.5) is 11.6 Å². The van der Waals surface area contributed by atoms with E-state index in [9.17, 15) is 0 Å². The minimum absolute atomic E-state index is 0.741. The molecule has 20 heavy (non-hydrogen) atoms. The first-order valence-corrected chi connectivity index (χ1v) is 7.98. The molecule has 1 aromatic rings. The SMILES string of the molecule is CCCNc1ncnc(N2CC(C)CC(C)C2)c1CC. The number of nitrogens with one attached hydrogen (secondary N) is 1. The van der Waals surface area contributed by atoms with Crippen LogP contribution in [-0.4, -0.2) is 29.6 Å². The molecule has 4 heteroatoms. The lowest BCUT2D eigenvalue weighted by Crippen LogP contribution is -2.39. The summed E-state index contributed by atoms with van der Waals surface area (Å²) in [4.78, 5) is 11.5. The first kappa shape index (κ1) is 15.1. The first-order chi connectivity index (χ1) is 9.65. The summed E-state index contributed by atoms with van der Waals surface area (Å²) in [6.45, 7) is 12.2. The molecule has 0 amide bonds. The zero-order chi connectivity index (χ0) is 14.5. The summed E-state index contributed by atoms with van der Waals surface area (Å²) in [7, 11) is 0. The third-order valence-corrected chi connectivity index (χ3v) is 3.99. The van der Waals surface area contributed by atoms with Gasteiger partial charge in [-0.3, -0.25) is 0 Å². The van der Waals surface area contributed by atoms with E-state index >= 15 is 0 Å². The maximum atomic E-state index is 4.59. The van der Waals surface area contributed by atoms with Gasteiger partial charge in [-0.05, 0) is 31.1 Å². The Balaban J connectivity index is 2.25. The van der Waals surface area contributed by atoms with Gasteiger partial charge < -0.3 is 10.2 Å². The van der Waals surface area contributed by atoms with Gasteiger partial charge in [0, 0.05) is 25.2 Å². The number of piperidine rings is 1. The summed E-state index contributed by atoms with van der Waals surface area (Å²) in [6.07, 6.45) is 5.11. The maximum Gasteiger partial charge on any atom is 0.137 e. The number of anilines is 2. The minimum Gasteiger partial charge on any atom is -0.370 e. The van der Waals surface area contributed by atoms with E-state index in [1.165, 1.54) is 12.0 Å². The lowest BCUT2D eigenvalue weighted by atomic mass is 9.91. The maximum absolute atomic E-state index is 4.59. The molecule has 1 fully saturated rings. The van der Waals surface area contributed by atoms with E-state index in [0.717, 1.165) is 55.9 Å². The van der Waals surface area contributed by atoms with Crippen LogP contribution in [0.1, 0.15) is 46.1 Å². The quantitative estimate of drug-likeness (QED) is 0.895. The minimum atomic E-state index is 0.741. The van der Waals surface area contributed by atoms with Crippen molar-refractivity contribution in [1.82, 2.24) is 9.97 Å². The standard InChI is InChI=1S/C16H28N4/c1-5-7-17-15-14(6-2)16(19-11-18-15)20-9-12(3)8-13(4)10-20/h11-13H,5-10H2,1-4H3,(H,17,18,19). The predicted octanol–water partition coefficient (Wildman–Crippen LogP) is 3.34. The highest BCUT2D eigenvalue weighted by atomic mass is 15.2. The second kappa shape index (κ2) is 6.91. The third kappa shape index (κ3) is 3.41. The van der Waals surface area contributed by atoms with Crippen LogP contribution in [0.3, 0.4) is 0 Å². The van der Waals surface area contributed by atoms with Crippen molar-refractivity contribution < 1.29 is 0 Å². The molecular weight excluding hydrogens is 248 g/mol. The van der Waals surface area contributed by atoms with E-state index < -0.39 is 0 Å². The van der Waals surface area contributed by atoms with Gasteiger partial charge in [0.15, 0.2) is 0 Å². The van der Waals surface area contributed by atoms with Crippen LogP contribution in [0.2, 0.25) is 0 Å². The molecule has 4 nitrogen and oxygen atoms in total. The summed E-state index contributed by atoms with van der Waals surface area (Å²) in [5, 5.41) is 3.44. The lowest BCUT2D eigenvalue weighted by Gasteiger charge is -2.36. The van der Waals surface area contributed by atoms with Crippen molar-refractivity contribution in [3.05, 3.63) is 11.9 Å². The van der Waals surface area contributed by atoms with Gasteiger partial charge in [-0.25, -0.2) is 9.97 Å². The number of rotatable bonds is 5. The van der Waals surface area contributed by atoms with E-state index in [4.69, 9.17) is 0 Å². The normalized spacial score (nSPS) is 22.9. The molecule has 0 aromatic carbocycles. The Bertz CT molecular complexity index is 422. The average Bonchev–Trinajstić information content (AvgIpc) is 2.43. The zero-order valence-electron chi connectivity index (χ0n) is 13.3. The number of hydrogen-bond acceptors (Lipinski definition) is 4. The molecule has 1 saturated heterocycles. The van der Waals surface area contributed by atoms with Gasteiger partial charge >= 0.3 is 0 Å². The Morgan fingerprint density at radius 2 is 1.90 bits per heavy atom. The smallest absolute Gasteiger partial charge is 0.137 e. The molecule has 1 aliphatic heterocycles. The van der Waals surface area contributed by atoms with Gasteiger partial charge in [0.25, 0.3) is 0 Å². The Kier molecular flexibility index (Phi) is 5.21. The highest BCUT2D eigenvalue weighted by molar-refractivity contribution is 5.59. The lowest BCUT2D eigenvalue weighted by molar-refractivity contribution is 0.355. The van der Waals surface area contributed by atoms with Gasteiger partial charge in [-0.2, -0.15) is 0 Å².